The van der Waals surface area contributed by atoms with Crippen molar-refractivity contribution in [2.45, 2.75) is 43.9 Å². The van der Waals surface area contributed by atoms with Gasteiger partial charge in [-0.25, -0.2) is 22.0 Å². The van der Waals surface area contributed by atoms with Crippen molar-refractivity contribution in [1.29, 1.82) is 0 Å². The van der Waals surface area contributed by atoms with Crippen molar-refractivity contribution in [3.8, 4) is 11.1 Å². The molecule has 45 heavy (non-hydrogen) atoms. The fourth-order valence-corrected chi connectivity index (χ4v) is 6.80. The molecule has 6 nitrogen and oxygen atoms in total. The first-order chi connectivity index (χ1) is 21.2. The number of carbonyl (C=O) groups is 1. The average molecular weight is 652 g/mol. The number of carbonyl (C=O) groups excluding carboxylic acids is 1. The van der Waals surface area contributed by atoms with Crippen LogP contribution in [0.3, 0.4) is 0 Å². The normalized spacial score (nSPS) is 16.3. The molecule has 1 amide bonds. The number of nitrogens with zero attached hydrogens (tertiary/aromatic N) is 3. The number of halogens is 8. The van der Waals surface area contributed by atoms with Crippen molar-refractivity contribution in [2.75, 3.05) is 0 Å². The molecule has 4 aromatic rings. The number of amides is 1. The van der Waals surface area contributed by atoms with E-state index in [1.165, 1.54) is 18.3 Å². The predicted octanol–water partition coefficient (Wildman–Crippen LogP) is 6.34. The van der Waals surface area contributed by atoms with Gasteiger partial charge in [-0.3, -0.25) is 19.8 Å². The van der Waals surface area contributed by atoms with Gasteiger partial charge in [-0.05, 0) is 54.3 Å². The van der Waals surface area contributed by atoms with Crippen LogP contribution in [-0.4, -0.2) is 30.5 Å². The van der Waals surface area contributed by atoms with Crippen molar-refractivity contribution in [1.82, 2.24) is 20.1 Å². The molecule has 3 N–H and O–H groups in total. The minimum Gasteiger partial charge on any atom is -0.366 e. The van der Waals surface area contributed by atoms with E-state index in [9.17, 15) is 39.9 Å². The lowest BCUT2D eigenvalue weighted by Gasteiger charge is -2.28. The lowest BCUT2D eigenvalue weighted by molar-refractivity contribution is -0.146. The molecule has 2 aromatic heterocycles. The number of hydrogen-bond donors (Lipinski definition) is 2. The topological polar surface area (TPSA) is 85.8 Å². The monoisotopic (exact) mass is 651 g/mol. The largest absolute Gasteiger partial charge is 0.435 e. The molecule has 0 radical (unpaired) electrons. The maximum absolute atomic E-state index is 14.8. The number of hydrogen-bond acceptors (Lipinski definition) is 4. The van der Waals surface area contributed by atoms with Crippen molar-refractivity contribution in [3.63, 3.8) is 0 Å². The molecule has 15 heteroatoms. The van der Waals surface area contributed by atoms with E-state index in [4.69, 9.17) is 5.73 Å². The number of pyridine rings is 1. The zero-order valence-electron chi connectivity index (χ0n) is 22.9. The Kier molecular flexibility index (Phi) is 7.64. The number of nitrogens with one attached hydrogen (secondary N) is 1. The molecule has 1 atom stereocenters. The summed E-state index contributed by atoms with van der Waals surface area (Å²) >= 11 is 0. The predicted molar refractivity (Wildman–Crippen MR) is 151 cm³/mol. The average Bonchev–Trinajstić information content (AvgIpc) is 3.37. The van der Waals surface area contributed by atoms with Crippen LogP contribution in [0.4, 0.5) is 35.1 Å². The first-order valence-corrected chi connectivity index (χ1v) is 14.2. The molecule has 0 bridgehead atoms. The van der Waals surface area contributed by atoms with Crippen molar-refractivity contribution >= 4 is 26.7 Å². The zero-order valence-corrected chi connectivity index (χ0v) is 23.7. The SMILES string of the molecule is NC(=O)c1cc(-c2cccnc2C(Cc2cc(F)cc(F)c2)NC2=S=C3CCC(F)(F)c4c(C(F)(F)F)nn(c43)C2)ccc1F. The minimum absolute atomic E-state index is 0.0922. The molecule has 1 aliphatic carbocycles. The van der Waals surface area contributed by atoms with Crippen LogP contribution in [0, 0.1) is 17.5 Å². The van der Waals surface area contributed by atoms with Crippen LogP contribution in [-0.2, 0) is 25.1 Å². The fraction of sp³-hybridized carbons (Fsp3) is 0.233. The Bertz CT molecular complexity index is 1910. The number of primary amides is 1. The third kappa shape index (κ3) is 5.89. The van der Waals surface area contributed by atoms with Crippen LogP contribution >= 0.6 is 10.9 Å². The van der Waals surface area contributed by atoms with Crippen LogP contribution in [0.1, 0.15) is 57.5 Å². The number of alkyl halides is 5. The molecule has 0 saturated heterocycles. The highest BCUT2D eigenvalue weighted by molar-refractivity contribution is 7.98. The summed E-state index contributed by atoms with van der Waals surface area (Å²) in [4.78, 5) is 16.9. The molecule has 3 heterocycles. The van der Waals surface area contributed by atoms with Gasteiger partial charge in [-0.2, -0.15) is 18.3 Å². The lowest BCUT2D eigenvalue weighted by atomic mass is 9.91. The molecule has 0 fully saturated rings. The summed E-state index contributed by atoms with van der Waals surface area (Å²) in [6, 6.07) is 8.85. The van der Waals surface area contributed by atoms with Gasteiger partial charge in [-0.1, -0.05) is 12.1 Å². The van der Waals surface area contributed by atoms with Gasteiger partial charge in [0.1, 0.15) is 17.5 Å². The molecule has 2 aliphatic rings. The second kappa shape index (κ2) is 11.2. The first-order valence-electron chi connectivity index (χ1n) is 13.4. The lowest BCUT2D eigenvalue weighted by Crippen LogP contribution is -2.37. The second-order valence-corrected chi connectivity index (χ2v) is 11.7. The highest BCUT2D eigenvalue weighted by Crippen LogP contribution is 2.47. The Morgan fingerprint density at radius 2 is 1.82 bits per heavy atom. The van der Waals surface area contributed by atoms with Crippen molar-refractivity contribution in [3.05, 3.63) is 106 Å². The Balaban J connectivity index is 1.47. The van der Waals surface area contributed by atoms with Crippen molar-refractivity contribution in [2.24, 2.45) is 5.73 Å². The highest BCUT2D eigenvalue weighted by atomic mass is 32.1. The fourth-order valence-electron chi connectivity index (χ4n) is 5.61. The van der Waals surface area contributed by atoms with Crippen molar-refractivity contribution < 1.29 is 39.9 Å². The maximum Gasteiger partial charge on any atom is 0.435 e. The van der Waals surface area contributed by atoms with Gasteiger partial charge in [0, 0.05) is 29.1 Å². The summed E-state index contributed by atoms with van der Waals surface area (Å²) in [5.41, 5.74) is 3.07. The van der Waals surface area contributed by atoms with Gasteiger partial charge in [-0.15, -0.1) is 10.9 Å². The summed E-state index contributed by atoms with van der Waals surface area (Å²) in [6.07, 6.45) is -4.82. The van der Waals surface area contributed by atoms with E-state index in [1.807, 2.05) is 0 Å². The Labute approximate surface area is 253 Å². The summed E-state index contributed by atoms with van der Waals surface area (Å²) in [6.45, 7) is -0.332. The molecule has 2 aromatic carbocycles. The van der Waals surface area contributed by atoms with E-state index >= 15 is 0 Å². The van der Waals surface area contributed by atoms with Gasteiger partial charge in [0.05, 0.1) is 40.1 Å². The summed E-state index contributed by atoms with van der Waals surface area (Å²) < 4.78 is 114. The van der Waals surface area contributed by atoms with E-state index in [0.717, 1.165) is 33.8 Å². The van der Waals surface area contributed by atoms with E-state index in [0.29, 0.717) is 22.2 Å². The van der Waals surface area contributed by atoms with Crippen LogP contribution in [0.15, 0.2) is 54.7 Å². The molecule has 1 unspecified atom stereocenters. The van der Waals surface area contributed by atoms with Crippen LogP contribution in [0.25, 0.3) is 11.1 Å². The number of aromatic nitrogens is 3. The summed E-state index contributed by atoms with van der Waals surface area (Å²) in [7, 11) is 0.988. The van der Waals surface area contributed by atoms with Gasteiger partial charge in [0.25, 0.3) is 11.8 Å². The second-order valence-electron chi connectivity index (χ2n) is 10.6. The van der Waals surface area contributed by atoms with E-state index in [-0.39, 0.29) is 46.8 Å². The van der Waals surface area contributed by atoms with Crippen LogP contribution in [0.5, 0.6) is 0 Å². The first kappa shape index (κ1) is 30.6. The highest BCUT2D eigenvalue weighted by Gasteiger charge is 2.51. The molecule has 0 spiro atoms. The van der Waals surface area contributed by atoms with Gasteiger partial charge >= 0.3 is 6.18 Å². The van der Waals surface area contributed by atoms with E-state index in [1.54, 1.807) is 12.1 Å². The van der Waals surface area contributed by atoms with Crippen LogP contribution < -0.4 is 11.1 Å². The molecule has 234 valence electrons. The molecule has 6 rings (SSSR count). The summed E-state index contributed by atoms with van der Waals surface area (Å²) in [5.74, 6) is -7.28. The Hall–Kier alpha value is -4.37. The van der Waals surface area contributed by atoms with E-state index in [2.05, 4.69) is 15.4 Å². The number of nitrogens with two attached hydrogens (primary N) is 1. The van der Waals surface area contributed by atoms with Crippen LogP contribution in [0.2, 0.25) is 0 Å². The van der Waals surface area contributed by atoms with Gasteiger partial charge in [0.2, 0.25) is 0 Å². The van der Waals surface area contributed by atoms with E-state index < -0.39 is 59.2 Å². The zero-order chi connectivity index (χ0) is 32.3. The summed E-state index contributed by atoms with van der Waals surface area (Å²) in [5, 5.41) is 6.73. The smallest absolute Gasteiger partial charge is 0.366 e. The number of rotatable bonds is 6. The maximum atomic E-state index is 14.8. The quantitative estimate of drug-likeness (QED) is 0.188. The third-order valence-corrected chi connectivity index (χ3v) is 8.60. The third-order valence-electron chi connectivity index (χ3n) is 7.47. The molecule has 0 saturated carbocycles. The van der Waals surface area contributed by atoms with Gasteiger partial charge in [0.15, 0.2) is 5.69 Å². The minimum atomic E-state index is -5.12. The Morgan fingerprint density at radius 3 is 2.51 bits per heavy atom. The number of benzene rings is 2. The molecule has 1 aliphatic heterocycles. The Morgan fingerprint density at radius 1 is 1.09 bits per heavy atom. The standard InChI is InChI=1S/C30H21F8N5OS/c31-16-8-14(9-17(32)12-16)10-21(25-18(2-1-7-40-25)15-3-4-20(33)19(11-15)28(39)44)41-23-13-43-26-22(45-23)5-6-29(34,35)24(26)27(42-43)30(36,37)38/h1-4,7-9,11-12,21,41H,5-6,10,13H2,(H2,39,44). The molecular formula is C30H21F8N5OS. The van der Waals surface area contributed by atoms with Gasteiger partial charge < -0.3 is 5.73 Å². The molecular weight excluding hydrogens is 630 g/mol.